The van der Waals surface area contributed by atoms with Crippen LogP contribution in [0.15, 0.2) is 0 Å². The molecule has 16 heavy (non-hydrogen) atoms. The zero-order valence-corrected chi connectivity index (χ0v) is 9.98. The molecule has 1 fully saturated rings. The van der Waals surface area contributed by atoms with Crippen LogP contribution in [0.4, 0.5) is 0 Å². The van der Waals surface area contributed by atoms with Crippen LogP contribution in [0.5, 0.6) is 0 Å². The van der Waals surface area contributed by atoms with Crippen LogP contribution < -0.4 is 0 Å². The van der Waals surface area contributed by atoms with Crippen molar-refractivity contribution in [2.75, 3.05) is 27.2 Å². The summed E-state index contributed by atoms with van der Waals surface area (Å²) < 4.78 is 0. The second kappa shape index (κ2) is 5.84. The highest BCUT2D eigenvalue weighted by atomic mass is 16.4. The van der Waals surface area contributed by atoms with Gasteiger partial charge in [0.15, 0.2) is 0 Å². The molecule has 1 amide bonds. The summed E-state index contributed by atoms with van der Waals surface area (Å²) in [5.74, 6) is -0.927. The molecular formula is C11H20N2O3. The lowest BCUT2D eigenvalue weighted by atomic mass is 10.2. The van der Waals surface area contributed by atoms with Crippen molar-refractivity contribution in [3.05, 3.63) is 0 Å². The Hall–Kier alpha value is -1.10. The molecule has 0 spiro atoms. The van der Waals surface area contributed by atoms with Crippen molar-refractivity contribution in [3.63, 3.8) is 0 Å². The van der Waals surface area contributed by atoms with Gasteiger partial charge in [-0.2, -0.15) is 0 Å². The third-order valence-corrected chi connectivity index (χ3v) is 2.83. The van der Waals surface area contributed by atoms with Gasteiger partial charge >= 0.3 is 5.97 Å². The Labute approximate surface area is 96.0 Å². The second-order valence-electron chi connectivity index (χ2n) is 4.54. The number of rotatable bonds is 5. The molecule has 1 rings (SSSR count). The summed E-state index contributed by atoms with van der Waals surface area (Å²) in [6.45, 7) is 1.63. The zero-order chi connectivity index (χ0) is 12.1. The monoisotopic (exact) mass is 228 g/mol. The minimum atomic E-state index is -0.906. The Morgan fingerprint density at radius 3 is 2.62 bits per heavy atom. The molecule has 0 saturated carbocycles. The fourth-order valence-corrected chi connectivity index (χ4v) is 2.13. The van der Waals surface area contributed by atoms with Crippen LogP contribution in [0.25, 0.3) is 0 Å². The van der Waals surface area contributed by atoms with Gasteiger partial charge in [-0.3, -0.25) is 9.59 Å². The fourth-order valence-electron chi connectivity index (χ4n) is 2.13. The van der Waals surface area contributed by atoms with Gasteiger partial charge in [0, 0.05) is 25.6 Å². The van der Waals surface area contributed by atoms with Crippen molar-refractivity contribution in [2.24, 2.45) is 0 Å². The van der Waals surface area contributed by atoms with Gasteiger partial charge in [-0.25, -0.2) is 0 Å². The Kier molecular flexibility index (Phi) is 4.73. The lowest BCUT2D eigenvalue weighted by Crippen LogP contribution is -2.41. The summed E-state index contributed by atoms with van der Waals surface area (Å²) in [7, 11) is 3.97. The minimum absolute atomic E-state index is 0.0215. The lowest BCUT2D eigenvalue weighted by molar-refractivity contribution is -0.141. The van der Waals surface area contributed by atoms with E-state index >= 15 is 0 Å². The highest BCUT2D eigenvalue weighted by molar-refractivity contribution is 5.81. The number of hydrogen-bond acceptors (Lipinski definition) is 3. The van der Waals surface area contributed by atoms with E-state index in [4.69, 9.17) is 5.11 Å². The Morgan fingerprint density at radius 1 is 1.38 bits per heavy atom. The number of nitrogens with zero attached hydrogens (tertiary/aromatic N) is 2. The number of amides is 1. The smallest absolute Gasteiger partial charge is 0.303 e. The largest absolute Gasteiger partial charge is 0.481 e. The van der Waals surface area contributed by atoms with E-state index in [2.05, 4.69) is 4.90 Å². The molecule has 5 nitrogen and oxygen atoms in total. The Balaban J connectivity index is 2.44. The first-order valence-corrected chi connectivity index (χ1v) is 5.66. The number of carboxylic acid groups (broad SMARTS) is 1. The Morgan fingerprint density at radius 2 is 2.06 bits per heavy atom. The molecule has 0 aromatic rings. The van der Waals surface area contributed by atoms with Crippen LogP contribution in [-0.2, 0) is 9.59 Å². The van der Waals surface area contributed by atoms with Gasteiger partial charge in [0.05, 0.1) is 6.42 Å². The van der Waals surface area contributed by atoms with E-state index in [9.17, 15) is 9.59 Å². The number of aliphatic carboxylic acids is 1. The van der Waals surface area contributed by atoms with E-state index < -0.39 is 5.97 Å². The van der Waals surface area contributed by atoms with E-state index in [-0.39, 0.29) is 24.8 Å². The van der Waals surface area contributed by atoms with Crippen LogP contribution in [0.1, 0.15) is 25.7 Å². The molecule has 1 N–H and O–H groups in total. The van der Waals surface area contributed by atoms with Crippen molar-refractivity contribution in [1.29, 1.82) is 0 Å². The maximum absolute atomic E-state index is 11.8. The predicted octanol–water partition coefficient (Wildman–Crippen LogP) is 0.404. The molecule has 1 aliphatic rings. The fraction of sp³-hybridized carbons (Fsp3) is 0.818. The van der Waals surface area contributed by atoms with Crippen LogP contribution in [0.2, 0.25) is 0 Å². The molecule has 1 heterocycles. The third kappa shape index (κ3) is 3.81. The number of hydrogen-bond donors (Lipinski definition) is 1. The Bertz CT molecular complexity index is 266. The van der Waals surface area contributed by atoms with Crippen LogP contribution >= 0.6 is 0 Å². The quantitative estimate of drug-likeness (QED) is 0.740. The summed E-state index contributed by atoms with van der Waals surface area (Å²) in [5, 5.41) is 8.54. The van der Waals surface area contributed by atoms with Crippen molar-refractivity contribution in [3.8, 4) is 0 Å². The molecular weight excluding hydrogens is 208 g/mol. The molecule has 0 aromatic heterocycles. The molecule has 0 radical (unpaired) electrons. The van der Waals surface area contributed by atoms with Gasteiger partial charge in [0.1, 0.15) is 0 Å². The van der Waals surface area contributed by atoms with E-state index in [0.717, 1.165) is 25.9 Å². The van der Waals surface area contributed by atoms with Crippen LogP contribution in [-0.4, -0.2) is 60.0 Å². The number of carboxylic acids is 1. The standard InChI is InChI=1S/C11H20N2O3/c1-12(2)8-9-4-3-7-13(9)10(14)5-6-11(15)16/h9H,3-8H2,1-2H3,(H,15,16). The average molecular weight is 228 g/mol. The van der Waals surface area contributed by atoms with Gasteiger partial charge in [-0.1, -0.05) is 0 Å². The average Bonchev–Trinajstić information content (AvgIpc) is 2.61. The summed E-state index contributed by atoms with van der Waals surface area (Å²) >= 11 is 0. The maximum Gasteiger partial charge on any atom is 0.303 e. The van der Waals surface area contributed by atoms with Gasteiger partial charge in [0.2, 0.25) is 5.91 Å². The molecule has 1 atom stereocenters. The van der Waals surface area contributed by atoms with Crippen molar-refractivity contribution < 1.29 is 14.7 Å². The normalized spacial score (nSPS) is 20.4. The molecule has 5 heteroatoms. The highest BCUT2D eigenvalue weighted by Gasteiger charge is 2.28. The zero-order valence-electron chi connectivity index (χ0n) is 9.98. The first-order valence-electron chi connectivity index (χ1n) is 5.66. The molecule has 92 valence electrons. The summed E-state index contributed by atoms with van der Waals surface area (Å²) in [6.07, 6.45) is 2.11. The number of likely N-dealkylation sites (tertiary alicyclic amines) is 1. The van der Waals surface area contributed by atoms with E-state index in [1.807, 2.05) is 19.0 Å². The SMILES string of the molecule is CN(C)CC1CCCN1C(=O)CCC(=O)O. The minimum Gasteiger partial charge on any atom is -0.481 e. The van der Waals surface area contributed by atoms with Gasteiger partial charge in [0.25, 0.3) is 0 Å². The first kappa shape index (κ1) is 13.0. The number of carbonyl (C=O) groups is 2. The van der Waals surface area contributed by atoms with Crippen LogP contribution in [0, 0.1) is 0 Å². The molecule has 1 saturated heterocycles. The van der Waals surface area contributed by atoms with E-state index in [0.29, 0.717) is 0 Å². The van der Waals surface area contributed by atoms with Crippen molar-refractivity contribution >= 4 is 11.9 Å². The van der Waals surface area contributed by atoms with Crippen molar-refractivity contribution in [2.45, 2.75) is 31.7 Å². The first-order chi connectivity index (χ1) is 7.50. The number of carbonyl (C=O) groups excluding carboxylic acids is 1. The lowest BCUT2D eigenvalue weighted by Gasteiger charge is -2.27. The predicted molar refractivity (Wildman–Crippen MR) is 60.2 cm³/mol. The van der Waals surface area contributed by atoms with Crippen molar-refractivity contribution in [1.82, 2.24) is 9.80 Å². The second-order valence-corrected chi connectivity index (χ2v) is 4.54. The van der Waals surface area contributed by atoms with E-state index in [1.165, 1.54) is 0 Å². The topological polar surface area (TPSA) is 60.9 Å². The summed E-state index contributed by atoms with van der Waals surface area (Å²) in [6, 6.07) is 0.260. The van der Waals surface area contributed by atoms with E-state index in [1.54, 1.807) is 0 Å². The molecule has 0 aromatic carbocycles. The highest BCUT2D eigenvalue weighted by Crippen LogP contribution is 2.19. The number of likely N-dealkylation sites (N-methyl/N-ethyl adjacent to an activating group) is 1. The van der Waals surface area contributed by atoms with Gasteiger partial charge in [-0.05, 0) is 26.9 Å². The molecule has 0 aliphatic carbocycles. The van der Waals surface area contributed by atoms with Gasteiger partial charge < -0.3 is 14.9 Å². The summed E-state index contributed by atoms with van der Waals surface area (Å²) in [4.78, 5) is 26.1. The van der Waals surface area contributed by atoms with Crippen LogP contribution in [0.3, 0.4) is 0 Å². The molecule has 1 aliphatic heterocycles. The maximum atomic E-state index is 11.8. The third-order valence-electron chi connectivity index (χ3n) is 2.83. The molecule has 1 unspecified atom stereocenters. The summed E-state index contributed by atoms with van der Waals surface area (Å²) in [5.41, 5.74) is 0. The molecule has 0 bridgehead atoms. The van der Waals surface area contributed by atoms with Gasteiger partial charge in [-0.15, -0.1) is 0 Å².